The summed E-state index contributed by atoms with van der Waals surface area (Å²) in [5, 5.41) is 1.24. The quantitative estimate of drug-likeness (QED) is 0.647. The molecule has 0 fully saturated rings. The van der Waals surface area contributed by atoms with E-state index in [1.807, 2.05) is 6.20 Å². The Kier molecular flexibility index (Phi) is 1.81. The van der Waals surface area contributed by atoms with Gasteiger partial charge in [-0.15, -0.1) is 11.6 Å². The molecule has 2 rings (SSSR count). The number of benzene rings is 1. The van der Waals surface area contributed by atoms with Gasteiger partial charge in [0.05, 0.1) is 0 Å². The maximum atomic E-state index is 5.78. The molecule has 0 saturated carbocycles. The maximum Gasteiger partial charge on any atom is 0.0495 e. The van der Waals surface area contributed by atoms with Crippen molar-refractivity contribution in [2.75, 3.05) is 0 Å². The van der Waals surface area contributed by atoms with E-state index in [0.29, 0.717) is 5.88 Å². The molecular weight excluding hydrogens is 170 g/mol. The zero-order valence-electron chi connectivity index (χ0n) is 6.89. The van der Waals surface area contributed by atoms with Crippen molar-refractivity contribution in [1.29, 1.82) is 0 Å². The Bertz CT molecular complexity index is 403. The summed E-state index contributed by atoms with van der Waals surface area (Å²) in [6, 6.07) is 6.24. The summed E-state index contributed by atoms with van der Waals surface area (Å²) in [5.41, 5.74) is 3.65. The summed E-state index contributed by atoms with van der Waals surface area (Å²) < 4.78 is 0. The molecule has 0 aliphatic heterocycles. The second-order valence-corrected chi connectivity index (χ2v) is 3.21. The first-order valence-electron chi connectivity index (χ1n) is 3.94. The van der Waals surface area contributed by atoms with Crippen molar-refractivity contribution in [2.24, 2.45) is 0 Å². The van der Waals surface area contributed by atoms with Gasteiger partial charge in [0.1, 0.15) is 0 Å². The van der Waals surface area contributed by atoms with Gasteiger partial charge in [0.2, 0.25) is 0 Å². The van der Waals surface area contributed by atoms with Crippen molar-refractivity contribution in [2.45, 2.75) is 12.8 Å². The van der Waals surface area contributed by atoms with Crippen molar-refractivity contribution in [3.8, 4) is 0 Å². The van der Waals surface area contributed by atoms with Gasteiger partial charge >= 0.3 is 0 Å². The van der Waals surface area contributed by atoms with Gasteiger partial charge in [0, 0.05) is 23.0 Å². The van der Waals surface area contributed by atoms with E-state index in [-0.39, 0.29) is 0 Å². The largest absolute Gasteiger partial charge is 0.361 e. The molecule has 1 N–H and O–H groups in total. The Labute approximate surface area is 76.4 Å². The van der Waals surface area contributed by atoms with Gasteiger partial charge in [-0.1, -0.05) is 18.2 Å². The van der Waals surface area contributed by atoms with Gasteiger partial charge < -0.3 is 4.98 Å². The number of hydrogen-bond donors (Lipinski definition) is 1. The van der Waals surface area contributed by atoms with Crippen LogP contribution in [-0.2, 0) is 5.88 Å². The third-order valence-corrected chi connectivity index (χ3v) is 2.44. The highest BCUT2D eigenvalue weighted by atomic mass is 35.5. The molecule has 0 amide bonds. The Morgan fingerprint density at radius 3 is 3.00 bits per heavy atom. The summed E-state index contributed by atoms with van der Waals surface area (Å²) in [6.07, 6.45) is 1.98. The second kappa shape index (κ2) is 2.83. The summed E-state index contributed by atoms with van der Waals surface area (Å²) >= 11 is 5.78. The number of rotatable bonds is 1. The molecule has 0 atom stereocenters. The highest BCUT2D eigenvalue weighted by molar-refractivity contribution is 6.18. The zero-order chi connectivity index (χ0) is 8.55. The Hall–Kier alpha value is -0.950. The third-order valence-electron chi connectivity index (χ3n) is 2.15. The van der Waals surface area contributed by atoms with E-state index in [1.54, 1.807) is 0 Å². The van der Waals surface area contributed by atoms with Gasteiger partial charge in [-0.25, -0.2) is 0 Å². The van der Waals surface area contributed by atoms with E-state index in [2.05, 4.69) is 30.1 Å². The molecule has 12 heavy (non-hydrogen) atoms. The van der Waals surface area contributed by atoms with Crippen LogP contribution in [-0.4, -0.2) is 4.98 Å². The number of fused-ring (bicyclic) bond motifs is 1. The van der Waals surface area contributed by atoms with Crippen molar-refractivity contribution in [3.63, 3.8) is 0 Å². The van der Waals surface area contributed by atoms with Crippen LogP contribution >= 0.6 is 11.6 Å². The van der Waals surface area contributed by atoms with Crippen LogP contribution in [0.5, 0.6) is 0 Å². The second-order valence-electron chi connectivity index (χ2n) is 2.95. The molecule has 0 saturated heterocycles. The van der Waals surface area contributed by atoms with Crippen LogP contribution in [0.25, 0.3) is 10.9 Å². The molecular formula is C10H10ClN. The average Bonchev–Trinajstić information content (AvgIpc) is 2.49. The molecule has 1 nitrogen and oxygen atoms in total. The molecule has 62 valence electrons. The number of alkyl halides is 1. The number of aryl methyl sites for hydroxylation is 1. The molecule has 0 radical (unpaired) electrons. The first kappa shape index (κ1) is 7.69. The minimum absolute atomic E-state index is 0.573. The molecule has 0 bridgehead atoms. The highest BCUT2D eigenvalue weighted by Gasteiger charge is 2.02. The first-order chi connectivity index (χ1) is 5.83. The fraction of sp³-hybridized carbons (Fsp3) is 0.200. The monoisotopic (exact) mass is 179 g/mol. The van der Waals surface area contributed by atoms with Crippen LogP contribution in [0.3, 0.4) is 0 Å². The molecule has 0 aliphatic carbocycles. The van der Waals surface area contributed by atoms with E-state index in [0.717, 1.165) is 0 Å². The van der Waals surface area contributed by atoms with Gasteiger partial charge in [0.15, 0.2) is 0 Å². The van der Waals surface area contributed by atoms with Gasteiger partial charge in [0.25, 0.3) is 0 Å². The van der Waals surface area contributed by atoms with Crippen molar-refractivity contribution in [3.05, 3.63) is 35.5 Å². The fourth-order valence-corrected chi connectivity index (χ4v) is 1.70. The summed E-state index contributed by atoms with van der Waals surface area (Å²) in [7, 11) is 0. The number of nitrogens with one attached hydrogen (secondary N) is 1. The van der Waals surface area contributed by atoms with Crippen LogP contribution in [0, 0.1) is 6.92 Å². The molecule has 2 aromatic rings. The maximum absolute atomic E-state index is 5.78. The summed E-state index contributed by atoms with van der Waals surface area (Å²) in [6.45, 7) is 2.09. The minimum atomic E-state index is 0.573. The Morgan fingerprint density at radius 2 is 2.25 bits per heavy atom. The van der Waals surface area contributed by atoms with Crippen LogP contribution in [0.4, 0.5) is 0 Å². The van der Waals surface area contributed by atoms with E-state index in [1.165, 1.54) is 22.0 Å². The van der Waals surface area contributed by atoms with Crippen LogP contribution in [0.2, 0.25) is 0 Å². The molecule has 2 heteroatoms. The first-order valence-corrected chi connectivity index (χ1v) is 4.48. The van der Waals surface area contributed by atoms with Gasteiger partial charge in [-0.05, 0) is 18.1 Å². The molecule has 0 aliphatic rings. The van der Waals surface area contributed by atoms with Gasteiger partial charge in [-0.3, -0.25) is 0 Å². The normalized spacial score (nSPS) is 10.8. The van der Waals surface area contributed by atoms with E-state index in [9.17, 15) is 0 Å². The standard InChI is InChI=1S/C10H10ClN/c1-7-3-2-4-9-8(5-11)6-12-10(7)9/h2-4,6,12H,5H2,1H3. The van der Waals surface area contributed by atoms with Crippen molar-refractivity contribution < 1.29 is 0 Å². The van der Waals surface area contributed by atoms with E-state index >= 15 is 0 Å². The van der Waals surface area contributed by atoms with Crippen LogP contribution in [0.15, 0.2) is 24.4 Å². The Morgan fingerprint density at radius 1 is 1.42 bits per heavy atom. The van der Waals surface area contributed by atoms with Gasteiger partial charge in [-0.2, -0.15) is 0 Å². The predicted octanol–water partition coefficient (Wildman–Crippen LogP) is 3.22. The Balaban J connectivity index is 2.80. The van der Waals surface area contributed by atoms with Crippen LogP contribution < -0.4 is 0 Å². The lowest BCUT2D eigenvalue weighted by molar-refractivity contribution is 1.38. The van der Waals surface area contributed by atoms with Crippen molar-refractivity contribution in [1.82, 2.24) is 4.98 Å². The van der Waals surface area contributed by atoms with E-state index in [4.69, 9.17) is 11.6 Å². The number of aromatic nitrogens is 1. The highest BCUT2D eigenvalue weighted by Crippen LogP contribution is 2.21. The van der Waals surface area contributed by atoms with Crippen molar-refractivity contribution >= 4 is 22.5 Å². The average molecular weight is 180 g/mol. The number of hydrogen-bond acceptors (Lipinski definition) is 0. The number of halogens is 1. The van der Waals surface area contributed by atoms with E-state index < -0.39 is 0 Å². The minimum Gasteiger partial charge on any atom is -0.361 e. The molecule has 1 aromatic heterocycles. The molecule has 0 spiro atoms. The zero-order valence-corrected chi connectivity index (χ0v) is 7.65. The van der Waals surface area contributed by atoms with Crippen LogP contribution in [0.1, 0.15) is 11.1 Å². The number of H-pyrrole nitrogens is 1. The topological polar surface area (TPSA) is 15.8 Å². The number of aromatic amines is 1. The summed E-state index contributed by atoms with van der Waals surface area (Å²) in [5.74, 6) is 0.573. The molecule has 0 unspecified atom stereocenters. The lowest BCUT2D eigenvalue weighted by Gasteiger charge is -1.95. The molecule has 1 heterocycles. The lowest BCUT2D eigenvalue weighted by atomic mass is 10.1. The molecule has 1 aromatic carbocycles. The smallest absolute Gasteiger partial charge is 0.0495 e. The summed E-state index contributed by atoms with van der Waals surface area (Å²) in [4.78, 5) is 3.22. The number of para-hydroxylation sites is 1. The SMILES string of the molecule is Cc1cccc2c(CCl)c[nH]c12. The fourth-order valence-electron chi connectivity index (χ4n) is 1.47. The lowest BCUT2D eigenvalue weighted by Crippen LogP contribution is -1.75. The third kappa shape index (κ3) is 1.01. The predicted molar refractivity (Wildman–Crippen MR) is 52.6 cm³/mol.